The van der Waals surface area contributed by atoms with Crippen LogP contribution in [0.5, 0.6) is 0 Å². The fourth-order valence-electron chi connectivity index (χ4n) is 0.314. The second-order valence-electron chi connectivity index (χ2n) is 1.37. The van der Waals surface area contributed by atoms with E-state index in [0.29, 0.717) is 6.61 Å². The molecule has 0 rings (SSSR count). The monoisotopic (exact) mass is 117 g/mol. The summed E-state index contributed by atoms with van der Waals surface area (Å²) in [6.07, 6.45) is 2.31. The summed E-state index contributed by atoms with van der Waals surface area (Å²) in [4.78, 5) is 0. The van der Waals surface area contributed by atoms with Gasteiger partial charge < -0.3 is 9.94 Å². The molecule has 0 heterocycles. The molecule has 0 aromatic heterocycles. The SMILES string of the molecule is CCCOCC=NO. The van der Waals surface area contributed by atoms with Crippen molar-refractivity contribution in [3.8, 4) is 0 Å². The number of ether oxygens (including phenoxy) is 1. The Morgan fingerprint density at radius 3 is 3.00 bits per heavy atom. The zero-order valence-corrected chi connectivity index (χ0v) is 5.00. The van der Waals surface area contributed by atoms with Crippen LogP contribution in [-0.4, -0.2) is 24.6 Å². The van der Waals surface area contributed by atoms with Crippen molar-refractivity contribution in [2.75, 3.05) is 13.2 Å². The van der Waals surface area contributed by atoms with Crippen LogP contribution in [-0.2, 0) is 4.74 Å². The van der Waals surface area contributed by atoms with Crippen LogP contribution in [0, 0.1) is 0 Å². The average molecular weight is 117 g/mol. The van der Waals surface area contributed by atoms with Crippen LogP contribution in [0.1, 0.15) is 13.3 Å². The van der Waals surface area contributed by atoms with Crippen molar-refractivity contribution < 1.29 is 9.94 Å². The Bertz CT molecular complexity index is 63.4. The third-order valence-electron chi connectivity index (χ3n) is 0.622. The van der Waals surface area contributed by atoms with E-state index in [-0.39, 0.29) is 0 Å². The second kappa shape index (κ2) is 6.43. The largest absolute Gasteiger partial charge is 0.411 e. The topological polar surface area (TPSA) is 41.8 Å². The Morgan fingerprint density at radius 1 is 1.75 bits per heavy atom. The second-order valence-corrected chi connectivity index (χ2v) is 1.37. The van der Waals surface area contributed by atoms with Gasteiger partial charge in [-0.1, -0.05) is 12.1 Å². The van der Waals surface area contributed by atoms with Crippen LogP contribution < -0.4 is 0 Å². The van der Waals surface area contributed by atoms with Crippen LogP contribution in [0.2, 0.25) is 0 Å². The van der Waals surface area contributed by atoms with Crippen LogP contribution in [0.3, 0.4) is 0 Å². The summed E-state index contributed by atoms with van der Waals surface area (Å²) in [6.45, 7) is 3.16. The first-order valence-electron chi connectivity index (χ1n) is 2.65. The maximum atomic E-state index is 7.86. The third kappa shape index (κ3) is 5.43. The normalized spacial score (nSPS) is 10.6. The molecule has 0 aromatic rings. The summed E-state index contributed by atoms with van der Waals surface area (Å²) in [5, 5.41) is 10.6. The Kier molecular flexibility index (Phi) is 5.97. The van der Waals surface area contributed by atoms with Gasteiger partial charge in [-0.2, -0.15) is 0 Å². The summed E-state index contributed by atoms with van der Waals surface area (Å²) in [6, 6.07) is 0. The van der Waals surface area contributed by atoms with Crippen molar-refractivity contribution >= 4 is 6.21 Å². The van der Waals surface area contributed by atoms with E-state index >= 15 is 0 Å². The first-order chi connectivity index (χ1) is 3.91. The molecule has 1 N–H and O–H groups in total. The fraction of sp³-hybridized carbons (Fsp3) is 0.800. The summed E-state index contributed by atoms with van der Waals surface area (Å²) in [5.41, 5.74) is 0. The minimum Gasteiger partial charge on any atom is -0.411 e. The van der Waals surface area contributed by atoms with Gasteiger partial charge in [0, 0.05) is 6.61 Å². The molecule has 0 aliphatic carbocycles. The molecule has 0 unspecified atom stereocenters. The van der Waals surface area contributed by atoms with Gasteiger partial charge in [0.15, 0.2) is 0 Å². The fourth-order valence-corrected chi connectivity index (χ4v) is 0.314. The maximum absolute atomic E-state index is 7.86. The molecule has 48 valence electrons. The van der Waals surface area contributed by atoms with E-state index in [4.69, 9.17) is 9.94 Å². The highest BCUT2D eigenvalue weighted by Gasteiger charge is 1.77. The highest BCUT2D eigenvalue weighted by molar-refractivity contribution is 5.57. The van der Waals surface area contributed by atoms with Gasteiger partial charge >= 0.3 is 0 Å². The van der Waals surface area contributed by atoms with Crippen LogP contribution in [0.4, 0.5) is 0 Å². The zero-order chi connectivity index (χ0) is 6.24. The molecule has 0 saturated carbocycles. The van der Waals surface area contributed by atoms with Gasteiger partial charge in [-0.05, 0) is 6.42 Å². The maximum Gasteiger partial charge on any atom is 0.0851 e. The lowest BCUT2D eigenvalue weighted by Gasteiger charge is -1.92. The van der Waals surface area contributed by atoms with Gasteiger partial charge in [-0.15, -0.1) is 0 Å². The number of hydrogen-bond acceptors (Lipinski definition) is 3. The molecule has 0 saturated heterocycles. The number of hydrogen-bond donors (Lipinski definition) is 1. The first-order valence-corrected chi connectivity index (χ1v) is 2.65. The van der Waals surface area contributed by atoms with Gasteiger partial charge in [0.1, 0.15) is 0 Å². The number of oxime groups is 1. The molecular formula is C5H11NO2. The molecule has 0 amide bonds. The molecule has 3 heteroatoms. The Hall–Kier alpha value is -0.570. The molecular weight excluding hydrogens is 106 g/mol. The molecule has 3 nitrogen and oxygen atoms in total. The van der Waals surface area contributed by atoms with Crippen molar-refractivity contribution in [3.05, 3.63) is 0 Å². The zero-order valence-electron chi connectivity index (χ0n) is 5.00. The standard InChI is InChI=1S/C5H11NO2/c1-2-4-8-5-3-6-7/h3,7H,2,4-5H2,1H3. The van der Waals surface area contributed by atoms with E-state index in [2.05, 4.69) is 5.16 Å². The Morgan fingerprint density at radius 2 is 2.50 bits per heavy atom. The van der Waals surface area contributed by atoms with Crippen LogP contribution >= 0.6 is 0 Å². The molecule has 0 aliphatic heterocycles. The van der Waals surface area contributed by atoms with E-state index < -0.39 is 0 Å². The number of rotatable bonds is 4. The minimum absolute atomic E-state index is 0.407. The summed E-state index contributed by atoms with van der Waals surface area (Å²) in [7, 11) is 0. The van der Waals surface area contributed by atoms with Crippen molar-refractivity contribution in [1.29, 1.82) is 0 Å². The molecule has 0 atom stereocenters. The molecule has 0 spiro atoms. The summed E-state index contributed by atoms with van der Waals surface area (Å²) in [5.74, 6) is 0. The van der Waals surface area contributed by atoms with Gasteiger partial charge in [-0.3, -0.25) is 0 Å². The van der Waals surface area contributed by atoms with Crippen molar-refractivity contribution in [1.82, 2.24) is 0 Å². The van der Waals surface area contributed by atoms with E-state index in [9.17, 15) is 0 Å². The Labute approximate surface area is 49.0 Å². The van der Waals surface area contributed by atoms with E-state index in [1.807, 2.05) is 6.92 Å². The smallest absolute Gasteiger partial charge is 0.0851 e. The molecule has 0 fully saturated rings. The molecule has 0 radical (unpaired) electrons. The molecule has 0 aromatic carbocycles. The lowest BCUT2D eigenvalue weighted by atomic mass is 10.5. The van der Waals surface area contributed by atoms with Crippen LogP contribution in [0.25, 0.3) is 0 Å². The quantitative estimate of drug-likeness (QED) is 0.257. The van der Waals surface area contributed by atoms with Gasteiger partial charge in [0.25, 0.3) is 0 Å². The minimum atomic E-state index is 0.407. The lowest BCUT2D eigenvalue weighted by Crippen LogP contribution is -1.95. The highest BCUT2D eigenvalue weighted by Crippen LogP contribution is 1.76. The lowest BCUT2D eigenvalue weighted by molar-refractivity contribution is 0.172. The number of nitrogens with zero attached hydrogens (tertiary/aromatic N) is 1. The van der Waals surface area contributed by atoms with E-state index in [0.717, 1.165) is 13.0 Å². The van der Waals surface area contributed by atoms with Crippen molar-refractivity contribution in [2.45, 2.75) is 13.3 Å². The molecule has 0 bridgehead atoms. The van der Waals surface area contributed by atoms with E-state index in [1.54, 1.807) is 0 Å². The summed E-state index contributed by atoms with van der Waals surface area (Å²) < 4.78 is 4.91. The predicted octanol–water partition coefficient (Wildman–Crippen LogP) is 0.873. The Balaban J connectivity index is 2.72. The summed E-state index contributed by atoms with van der Waals surface area (Å²) >= 11 is 0. The van der Waals surface area contributed by atoms with Gasteiger partial charge in [-0.25, -0.2) is 0 Å². The molecule has 8 heavy (non-hydrogen) atoms. The first kappa shape index (κ1) is 7.43. The highest BCUT2D eigenvalue weighted by atomic mass is 16.5. The molecule has 0 aliphatic rings. The van der Waals surface area contributed by atoms with E-state index in [1.165, 1.54) is 6.21 Å². The van der Waals surface area contributed by atoms with Crippen molar-refractivity contribution in [2.24, 2.45) is 5.16 Å². The van der Waals surface area contributed by atoms with Crippen molar-refractivity contribution in [3.63, 3.8) is 0 Å². The average Bonchev–Trinajstić information content (AvgIpc) is 1.81. The third-order valence-corrected chi connectivity index (χ3v) is 0.622. The predicted molar refractivity (Wildman–Crippen MR) is 31.4 cm³/mol. The van der Waals surface area contributed by atoms with Gasteiger partial charge in [0.05, 0.1) is 12.8 Å². The van der Waals surface area contributed by atoms with Crippen LogP contribution in [0.15, 0.2) is 5.16 Å². The van der Waals surface area contributed by atoms with Gasteiger partial charge in [0.2, 0.25) is 0 Å².